The van der Waals surface area contributed by atoms with Crippen LogP contribution in [0.15, 0.2) is 24.4 Å². The number of aryl methyl sites for hydroxylation is 1. The summed E-state index contributed by atoms with van der Waals surface area (Å²) in [7, 11) is 0. The Labute approximate surface area is 154 Å². The van der Waals surface area contributed by atoms with Crippen LogP contribution >= 0.6 is 0 Å². The summed E-state index contributed by atoms with van der Waals surface area (Å²) in [5, 5.41) is 12.1. The van der Waals surface area contributed by atoms with Crippen molar-refractivity contribution in [3.8, 4) is 0 Å². The van der Waals surface area contributed by atoms with Gasteiger partial charge in [0.1, 0.15) is 11.5 Å². The van der Waals surface area contributed by atoms with Crippen LogP contribution in [-0.4, -0.2) is 40.9 Å². The molecule has 2 aliphatic rings. The number of nitrogens with one attached hydrogen (secondary N) is 2. The lowest BCUT2D eigenvalue weighted by atomic mass is 9.79. The van der Waals surface area contributed by atoms with E-state index in [1.54, 1.807) is 6.20 Å². The molecule has 1 aromatic carbocycles. The standard InChI is InChI=1S/C20H26N6/c1-13-4-3-5-15(14(13)2)17(21)18-19(22)25-16(12-23-18)26-10-7-20(8-11-26)6-9-24-20/h3-5,12,21,24H,6-11H2,1-2H3,(H2,22,25). The van der Waals surface area contributed by atoms with Gasteiger partial charge in [-0.1, -0.05) is 18.2 Å². The van der Waals surface area contributed by atoms with Crippen LogP contribution in [0.1, 0.15) is 41.6 Å². The van der Waals surface area contributed by atoms with E-state index in [-0.39, 0.29) is 0 Å². The summed E-state index contributed by atoms with van der Waals surface area (Å²) in [6.45, 7) is 7.14. The maximum atomic E-state index is 8.54. The molecule has 0 saturated carbocycles. The number of hydrogen-bond acceptors (Lipinski definition) is 6. The van der Waals surface area contributed by atoms with Crippen molar-refractivity contribution in [2.24, 2.45) is 0 Å². The molecule has 3 heterocycles. The predicted octanol–water partition coefficient (Wildman–Crippen LogP) is 2.42. The number of nitrogens with two attached hydrogens (primary N) is 1. The van der Waals surface area contributed by atoms with Crippen molar-refractivity contribution in [2.45, 2.75) is 38.6 Å². The summed E-state index contributed by atoms with van der Waals surface area (Å²) < 4.78 is 0. The lowest BCUT2D eigenvalue weighted by Gasteiger charge is -2.49. The first-order valence-electron chi connectivity index (χ1n) is 9.27. The SMILES string of the molecule is Cc1cccc(C(=N)c2ncc(N3CCC4(CCN4)CC3)nc2N)c1C. The average molecular weight is 350 g/mol. The summed E-state index contributed by atoms with van der Waals surface area (Å²) in [6.07, 6.45) is 5.31. The first kappa shape index (κ1) is 17.0. The van der Waals surface area contributed by atoms with Crippen LogP contribution in [0.5, 0.6) is 0 Å². The number of anilines is 2. The molecule has 4 rings (SSSR count). The van der Waals surface area contributed by atoms with Crippen molar-refractivity contribution < 1.29 is 0 Å². The number of hydrogen-bond donors (Lipinski definition) is 3. The number of benzene rings is 1. The van der Waals surface area contributed by atoms with E-state index in [0.29, 0.717) is 22.8 Å². The number of aromatic nitrogens is 2. The van der Waals surface area contributed by atoms with Crippen molar-refractivity contribution in [1.82, 2.24) is 15.3 Å². The second kappa shape index (κ2) is 6.36. The van der Waals surface area contributed by atoms with Crippen LogP contribution in [-0.2, 0) is 0 Å². The summed E-state index contributed by atoms with van der Waals surface area (Å²) in [5.74, 6) is 1.14. The van der Waals surface area contributed by atoms with Crippen molar-refractivity contribution in [3.05, 3.63) is 46.8 Å². The Balaban J connectivity index is 1.54. The number of nitrogen functional groups attached to an aromatic ring is 1. The van der Waals surface area contributed by atoms with Crippen LogP contribution < -0.4 is 16.0 Å². The topological polar surface area (TPSA) is 90.9 Å². The third kappa shape index (κ3) is 2.84. The van der Waals surface area contributed by atoms with Gasteiger partial charge in [0.15, 0.2) is 5.82 Å². The molecular weight excluding hydrogens is 324 g/mol. The minimum absolute atomic E-state index is 0.329. The average Bonchev–Trinajstić information content (AvgIpc) is 2.62. The normalized spacial score (nSPS) is 18.6. The Bertz CT molecular complexity index is 845. The van der Waals surface area contributed by atoms with Gasteiger partial charge in [-0.15, -0.1) is 0 Å². The zero-order valence-corrected chi connectivity index (χ0v) is 15.5. The van der Waals surface area contributed by atoms with E-state index in [9.17, 15) is 0 Å². The molecule has 0 atom stereocenters. The van der Waals surface area contributed by atoms with Gasteiger partial charge in [-0.05, 0) is 50.8 Å². The minimum Gasteiger partial charge on any atom is -0.382 e. The Morgan fingerprint density at radius 1 is 1.23 bits per heavy atom. The first-order valence-corrected chi connectivity index (χ1v) is 9.27. The molecule has 0 amide bonds. The zero-order valence-electron chi connectivity index (χ0n) is 15.5. The maximum Gasteiger partial charge on any atom is 0.154 e. The van der Waals surface area contributed by atoms with E-state index >= 15 is 0 Å². The third-order valence-corrected chi connectivity index (χ3v) is 6.05. The molecule has 1 aromatic heterocycles. The quantitative estimate of drug-likeness (QED) is 0.740. The van der Waals surface area contributed by atoms with Gasteiger partial charge in [-0.2, -0.15) is 0 Å². The highest BCUT2D eigenvalue weighted by molar-refractivity contribution is 6.13. The largest absolute Gasteiger partial charge is 0.382 e. The second-order valence-electron chi connectivity index (χ2n) is 7.53. The van der Waals surface area contributed by atoms with Gasteiger partial charge < -0.3 is 16.0 Å². The summed E-state index contributed by atoms with van der Waals surface area (Å²) in [4.78, 5) is 11.3. The predicted molar refractivity (Wildman–Crippen MR) is 105 cm³/mol. The molecule has 26 heavy (non-hydrogen) atoms. The molecule has 1 spiro atoms. The molecule has 0 aliphatic carbocycles. The van der Waals surface area contributed by atoms with Gasteiger partial charge in [0.05, 0.1) is 11.9 Å². The van der Waals surface area contributed by atoms with E-state index in [0.717, 1.165) is 55.0 Å². The Kier molecular flexibility index (Phi) is 4.15. The summed E-state index contributed by atoms with van der Waals surface area (Å²) in [6, 6.07) is 5.95. The van der Waals surface area contributed by atoms with Gasteiger partial charge >= 0.3 is 0 Å². The molecule has 2 fully saturated rings. The molecule has 2 aliphatic heterocycles. The summed E-state index contributed by atoms with van der Waals surface area (Å²) in [5.41, 5.74) is 10.4. The lowest BCUT2D eigenvalue weighted by molar-refractivity contribution is 0.163. The van der Waals surface area contributed by atoms with Crippen molar-refractivity contribution in [3.63, 3.8) is 0 Å². The molecule has 6 nitrogen and oxygen atoms in total. The van der Waals surface area contributed by atoms with Gasteiger partial charge in [0, 0.05) is 24.2 Å². The molecular formula is C20H26N6. The summed E-state index contributed by atoms with van der Waals surface area (Å²) >= 11 is 0. The molecule has 0 bridgehead atoms. The zero-order chi connectivity index (χ0) is 18.3. The Hall–Kier alpha value is -2.47. The van der Waals surface area contributed by atoms with Crippen LogP contribution in [0.4, 0.5) is 11.6 Å². The van der Waals surface area contributed by atoms with Gasteiger partial charge in [-0.3, -0.25) is 5.41 Å². The molecule has 0 radical (unpaired) electrons. The van der Waals surface area contributed by atoms with E-state index < -0.39 is 0 Å². The number of nitrogens with zero attached hydrogens (tertiary/aromatic N) is 3. The Morgan fingerprint density at radius 3 is 2.58 bits per heavy atom. The lowest BCUT2D eigenvalue weighted by Crippen LogP contribution is -2.62. The van der Waals surface area contributed by atoms with Crippen molar-refractivity contribution in [2.75, 3.05) is 30.3 Å². The van der Waals surface area contributed by atoms with Gasteiger partial charge in [0.25, 0.3) is 0 Å². The fourth-order valence-corrected chi connectivity index (χ4v) is 3.96. The molecule has 6 heteroatoms. The first-order chi connectivity index (χ1) is 12.5. The van der Waals surface area contributed by atoms with Crippen LogP contribution in [0.25, 0.3) is 0 Å². The van der Waals surface area contributed by atoms with Gasteiger partial charge in [-0.25, -0.2) is 9.97 Å². The van der Waals surface area contributed by atoms with Crippen LogP contribution in [0, 0.1) is 19.3 Å². The number of piperidine rings is 1. The molecule has 2 saturated heterocycles. The third-order valence-electron chi connectivity index (χ3n) is 6.05. The fraction of sp³-hybridized carbons (Fsp3) is 0.450. The van der Waals surface area contributed by atoms with Crippen LogP contribution in [0.2, 0.25) is 0 Å². The van der Waals surface area contributed by atoms with E-state index in [1.807, 2.05) is 32.0 Å². The van der Waals surface area contributed by atoms with Crippen molar-refractivity contribution in [1.29, 1.82) is 5.41 Å². The second-order valence-corrected chi connectivity index (χ2v) is 7.53. The molecule has 2 aromatic rings. The minimum atomic E-state index is 0.329. The molecule has 4 N–H and O–H groups in total. The smallest absolute Gasteiger partial charge is 0.154 e. The maximum absolute atomic E-state index is 8.54. The fourth-order valence-electron chi connectivity index (χ4n) is 3.96. The Morgan fingerprint density at radius 2 is 1.96 bits per heavy atom. The van der Waals surface area contributed by atoms with Crippen molar-refractivity contribution >= 4 is 17.3 Å². The van der Waals surface area contributed by atoms with E-state index in [2.05, 4.69) is 20.2 Å². The van der Waals surface area contributed by atoms with E-state index in [4.69, 9.17) is 11.1 Å². The van der Waals surface area contributed by atoms with Gasteiger partial charge in [0.2, 0.25) is 0 Å². The molecule has 0 unspecified atom stereocenters. The highest BCUT2D eigenvalue weighted by Crippen LogP contribution is 2.32. The molecule has 136 valence electrons. The highest BCUT2D eigenvalue weighted by Gasteiger charge is 2.39. The highest BCUT2D eigenvalue weighted by atomic mass is 15.2. The monoisotopic (exact) mass is 350 g/mol. The van der Waals surface area contributed by atoms with Crippen LogP contribution in [0.3, 0.4) is 0 Å². The number of rotatable bonds is 3. The van der Waals surface area contributed by atoms with E-state index in [1.165, 1.54) is 6.42 Å².